The minimum atomic E-state index is 0.446. The molecular weight excluding hydrogens is 376 g/mol. The van der Waals surface area contributed by atoms with E-state index in [0.29, 0.717) is 12.1 Å². The van der Waals surface area contributed by atoms with Crippen LogP contribution in [0.2, 0.25) is 0 Å². The molecule has 0 unspecified atom stereocenters. The summed E-state index contributed by atoms with van der Waals surface area (Å²) in [5.41, 5.74) is 11.7. The maximum Gasteiger partial charge on any atom is 0.0478 e. The van der Waals surface area contributed by atoms with E-state index in [1.165, 1.54) is 77.8 Å². The lowest BCUT2D eigenvalue weighted by molar-refractivity contribution is 0.113. The van der Waals surface area contributed by atoms with Gasteiger partial charge in [-0.2, -0.15) is 0 Å². The average molecular weight is 429 g/mol. The molecule has 2 heterocycles. The fraction of sp³-hybridized carbons (Fsp3) is 1.00. The number of piperidine rings is 2. The molecule has 0 aliphatic carbocycles. The van der Waals surface area contributed by atoms with E-state index < -0.39 is 0 Å². The predicted octanol–water partition coefficient (Wildman–Crippen LogP) is 3.23. The third kappa shape index (κ3) is 15.5. The minimum Gasteiger partial charge on any atom is -0.381 e. The fourth-order valence-electron chi connectivity index (χ4n) is 3.83. The molecule has 0 aromatic heterocycles. The van der Waals surface area contributed by atoms with Crippen LogP contribution >= 0.6 is 0 Å². The molecule has 0 spiro atoms. The Hall–Kier alpha value is -0.240. The molecule has 30 heavy (non-hydrogen) atoms. The molecule has 0 atom stereocenters. The van der Waals surface area contributed by atoms with Crippen LogP contribution in [0, 0.1) is 0 Å². The first-order valence-electron chi connectivity index (χ1n) is 12.8. The molecule has 0 aromatic carbocycles. The van der Waals surface area contributed by atoms with E-state index >= 15 is 0 Å². The van der Waals surface area contributed by atoms with Crippen molar-refractivity contribution in [1.29, 1.82) is 0 Å². The molecule has 0 radical (unpaired) electrons. The zero-order chi connectivity index (χ0) is 21.9. The van der Waals surface area contributed by atoms with Crippen LogP contribution in [0.15, 0.2) is 0 Å². The van der Waals surface area contributed by atoms with Crippen molar-refractivity contribution in [2.45, 2.75) is 90.1 Å². The number of ether oxygens (including phenoxy) is 2. The molecule has 180 valence electrons. The van der Waals surface area contributed by atoms with Crippen LogP contribution in [-0.4, -0.2) is 87.6 Å². The maximum absolute atomic E-state index is 5.86. The number of hydrogen-bond donors (Lipinski definition) is 2. The molecular formula is C24H52N4O2. The largest absolute Gasteiger partial charge is 0.381 e. The molecule has 6 nitrogen and oxygen atoms in total. The Morgan fingerprint density at radius 1 is 0.600 bits per heavy atom. The summed E-state index contributed by atoms with van der Waals surface area (Å²) in [4.78, 5) is 5.01. The normalized spacial score (nSPS) is 19.6. The Kier molecular flexibility index (Phi) is 18.0. The van der Waals surface area contributed by atoms with E-state index in [2.05, 4.69) is 23.6 Å². The Bertz CT molecular complexity index is 323. The van der Waals surface area contributed by atoms with Crippen molar-refractivity contribution < 1.29 is 9.47 Å². The van der Waals surface area contributed by atoms with Crippen molar-refractivity contribution in [3.8, 4) is 0 Å². The van der Waals surface area contributed by atoms with Crippen LogP contribution in [0.25, 0.3) is 0 Å². The van der Waals surface area contributed by atoms with Gasteiger partial charge in [-0.25, -0.2) is 0 Å². The summed E-state index contributed by atoms with van der Waals surface area (Å²) in [6.07, 6.45) is 11.8. The molecule has 2 rings (SSSR count). The second-order valence-electron chi connectivity index (χ2n) is 9.00. The second kappa shape index (κ2) is 19.4. The summed E-state index contributed by atoms with van der Waals surface area (Å²) in [7, 11) is 0. The Morgan fingerprint density at radius 3 is 1.27 bits per heavy atom. The van der Waals surface area contributed by atoms with Gasteiger partial charge in [-0.3, -0.25) is 0 Å². The summed E-state index contributed by atoms with van der Waals surface area (Å²) in [6, 6.07) is 0.893. The van der Waals surface area contributed by atoms with E-state index in [-0.39, 0.29) is 0 Å². The number of hydrogen-bond acceptors (Lipinski definition) is 6. The summed E-state index contributed by atoms with van der Waals surface area (Å²) in [6.45, 7) is 15.2. The lowest BCUT2D eigenvalue weighted by Gasteiger charge is -2.29. The van der Waals surface area contributed by atoms with E-state index in [9.17, 15) is 0 Å². The molecule has 2 fully saturated rings. The molecule has 2 aliphatic heterocycles. The standard InChI is InChI=1S/2C12H26N2O/c2*1-2-3-10-15-11-4-7-14-8-5-12(13)6-9-14/h2*12H,2-11,13H2,1H3. The Balaban J connectivity index is 0.000000300. The summed E-state index contributed by atoms with van der Waals surface area (Å²) >= 11 is 0. The lowest BCUT2D eigenvalue weighted by Crippen LogP contribution is -2.40. The Morgan fingerprint density at radius 2 is 0.933 bits per heavy atom. The maximum atomic E-state index is 5.86. The van der Waals surface area contributed by atoms with Gasteiger partial charge in [0.1, 0.15) is 0 Å². The van der Waals surface area contributed by atoms with Gasteiger partial charge in [0.05, 0.1) is 0 Å². The highest BCUT2D eigenvalue weighted by Gasteiger charge is 2.15. The van der Waals surface area contributed by atoms with E-state index in [1.54, 1.807) is 0 Å². The van der Waals surface area contributed by atoms with E-state index in [1.807, 2.05) is 0 Å². The second-order valence-corrected chi connectivity index (χ2v) is 9.00. The molecule has 6 heteroatoms. The quantitative estimate of drug-likeness (QED) is 0.414. The highest BCUT2D eigenvalue weighted by molar-refractivity contribution is 4.74. The summed E-state index contributed by atoms with van der Waals surface area (Å²) in [5, 5.41) is 0. The number of likely N-dealkylation sites (tertiary alicyclic amines) is 2. The van der Waals surface area contributed by atoms with Gasteiger partial charge >= 0.3 is 0 Å². The van der Waals surface area contributed by atoms with Crippen LogP contribution in [0.5, 0.6) is 0 Å². The fourth-order valence-corrected chi connectivity index (χ4v) is 3.83. The smallest absolute Gasteiger partial charge is 0.0478 e. The minimum absolute atomic E-state index is 0.446. The average Bonchev–Trinajstić information content (AvgIpc) is 2.76. The number of nitrogens with two attached hydrogens (primary N) is 2. The molecule has 0 saturated carbocycles. The van der Waals surface area contributed by atoms with Gasteiger partial charge in [-0.05, 0) is 77.5 Å². The van der Waals surface area contributed by atoms with Gasteiger partial charge in [0.25, 0.3) is 0 Å². The first kappa shape index (κ1) is 27.8. The highest BCUT2D eigenvalue weighted by atomic mass is 16.5. The topological polar surface area (TPSA) is 77.0 Å². The van der Waals surface area contributed by atoms with Crippen LogP contribution in [0.4, 0.5) is 0 Å². The van der Waals surface area contributed by atoms with Crippen molar-refractivity contribution in [2.24, 2.45) is 11.5 Å². The molecule has 0 bridgehead atoms. The lowest BCUT2D eigenvalue weighted by atomic mass is 10.1. The van der Waals surface area contributed by atoms with Crippen molar-refractivity contribution in [3.63, 3.8) is 0 Å². The first-order chi connectivity index (χ1) is 14.7. The van der Waals surface area contributed by atoms with E-state index in [0.717, 1.165) is 52.1 Å². The molecule has 4 N–H and O–H groups in total. The number of nitrogens with zero attached hydrogens (tertiary/aromatic N) is 2. The van der Waals surface area contributed by atoms with Gasteiger partial charge in [0, 0.05) is 51.6 Å². The van der Waals surface area contributed by atoms with Crippen LogP contribution in [0.3, 0.4) is 0 Å². The van der Waals surface area contributed by atoms with Gasteiger partial charge in [-0.15, -0.1) is 0 Å². The van der Waals surface area contributed by atoms with Crippen LogP contribution < -0.4 is 11.5 Å². The van der Waals surface area contributed by atoms with Gasteiger partial charge in [-0.1, -0.05) is 26.7 Å². The Labute approximate surface area is 187 Å². The van der Waals surface area contributed by atoms with Gasteiger partial charge in [0.2, 0.25) is 0 Å². The first-order valence-corrected chi connectivity index (χ1v) is 12.8. The predicted molar refractivity (Wildman–Crippen MR) is 128 cm³/mol. The number of unbranched alkanes of at least 4 members (excludes halogenated alkanes) is 2. The van der Waals surface area contributed by atoms with Crippen LogP contribution in [0.1, 0.15) is 78.1 Å². The third-order valence-electron chi connectivity index (χ3n) is 6.07. The van der Waals surface area contributed by atoms with Crippen molar-refractivity contribution in [1.82, 2.24) is 9.80 Å². The third-order valence-corrected chi connectivity index (χ3v) is 6.07. The van der Waals surface area contributed by atoms with Gasteiger partial charge < -0.3 is 30.7 Å². The van der Waals surface area contributed by atoms with Gasteiger partial charge in [0.15, 0.2) is 0 Å². The summed E-state index contributed by atoms with van der Waals surface area (Å²) < 4.78 is 11.1. The molecule has 0 amide bonds. The van der Waals surface area contributed by atoms with Crippen molar-refractivity contribution in [2.75, 3.05) is 65.7 Å². The number of rotatable bonds is 14. The van der Waals surface area contributed by atoms with Crippen molar-refractivity contribution in [3.05, 3.63) is 0 Å². The molecule has 0 aromatic rings. The van der Waals surface area contributed by atoms with Crippen LogP contribution in [-0.2, 0) is 9.47 Å². The van der Waals surface area contributed by atoms with Crippen molar-refractivity contribution >= 4 is 0 Å². The van der Waals surface area contributed by atoms with E-state index in [4.69, 9.17) is 20.9 Å². The molecule has 2 saturated heterocycles. The zero-order valence-electron chi connectivity index (χ0n) is 20.2. The molecule has 2 aliphatic rings. The monoisotopic (exact) mass is 428 g/mol. The highest BCUT2D eigenvalue weighted by Crippen LogP contribution is 2.09. The SMILES string of the molecule is CCCCOCCCN1CCC(N)CC1.CCCCOCCCN1CCC(N)CC1. The zero-order valence-corrected chi connectivity index (χ0v) is 20.2. The summed E-state index contributed by atoms with van der Waals surface area (Å²) in [5.74, 6) is 0.